The zero-order valence-corrected chi connectivity index (χ0v) is 10.7. The van der Waals surface area contributed by atoms with Crippen LogP contribution in [0.3, 0.4) is 0 Å². The first-order valence-corrected chi connectivity index (χ1v) is 6.07. The molecule has 1 aromatic rings. The van der Waals surface area contributed by atoms with E-state index in [0.717, 1.165) is 29.7 Å². The molecule has 1 fully saturated rings. The number of nitrogens with zero attached hydrogens (tertiary/aromatic N) is 2. The lowest BCUT2D eigenvalue weighted by Crippen LogP contribution is -2.35. The molecule has 0 radical (unpaired) electrons. The second kappa shape index (κ2) is 4.82. The van der Waals surface area contributed by atoms with E-state index in [9.17, 15) is 4.79 Å². The number of carbonyl (C=O) groups is 1. The fourth-order valence-electron chi connectivity index (χ4n) is 2.01. The first-order chi connectivity index (χ1) is 7.66. The van der Waals surface area contributed by atoms with Crippen LogP contribution in [0, 0.1) is 0 Å². The van der Waals surface area contributed by atoms with E-state index in [-0.39, 0.29) is 11.9 Å². The summed E-state index contributed by atoms with van der Waals surface area (Å²) >= 11 is 3.49. The number of hydrogen-bond acceptors (Lipinski definition) is 3. The molecular weight excluding hydrogens is 270 g/mol. The lowest BCUT2D eigenvalue weighted by Gasteiger charge is -2.19. The maximum atomic E-state index is 11.0. The average molecular weight is 284 g/mol. The number of carbonyl (C=O) groups excluding carboxylic acids is 1. The number of aromatic nitrogens is 1. The Morgan fingerprint density at radius 2 is 2.50 bits per heavy atom. The SMILES string of the molecule is CC(=O)NC1CCN(c2ccncc2Br)C1. The summed E-state index contributed by atoms with van der Waals surface area (Å²) in [6.45, 7) is 3.39. The molecule has 2 heterocycles. The Morgan fingerprint density at radius 3 is 3.19 bits per heavy atom. The van der Waals surface area contributed by atoms with Gasteiger partial charge in [0.15, 0.2) is 0 Å². The van der Waals surface area contributed by atoms with Crippen LogP contribution >= 0.6 is 15.9 Å². The fourth-order valence-corrected chi connectivity index (χ4v) is 2.51. The largest absolute Gasteiger partial charge is 0.368 e. The number of rotatable bonds is 2. The van der Waals surface area contributed by atoms with E-state index in [1.165, 1.54) is 0 Å². The predicted molar refractivity (Wildman–Crippen MR) is 66.4 cm³/mol. The monoisotopic (exact) mass is 283 g/mol. The van der Waals surface area contributed by atoms with E-state index in [1.807, 2.05) is 6.07 Å². The zero-order chi connectivity index (χ0) is 11.5. The molecular formula is C11H14BrN3O. The fraction of sp³-hybridized carbons (Fsp3) is 0.455. The van der Waals surface area contributed by atoms with Gasteiger partial charge in [0.05, 0.1) is 10.2 Å². The Balaban J connectivity index is 2.04. The maximum Gasteiger partial charge on any atom is 0.217 e. The number of hydrogen-bond donors (Lipinski definition) is 1. The first kappa shape index (κ1) is 11.4. The smallest absolute Gasteiger partial charge is 0.217 e. The van der Waals surface area contributed by atoms with E-state index in [2.05, 4.69) is 31.1 Å². The molecule has 1 N–H and O–H groups in total. The third-order valence-corrected chi connectivity index (χ3v) is 3.30. The van der Waals surface area contributed by atoms with Crippen molar-refractivity contribution >= 4 is 27.5 Å². The van der Waals surface area contributed by atoms with Crippen LogP contribution in [0.2, 0.25) is 0 Å². The second-order valence-electron chi connectivity index (χ2n) is 3.96. The number of anilines is 1. The van der Waals surface area contributed by atoms with Gasteiger partial charge in [-0.1, -0.05) is 0 Å². The van der Waals surface area contributed by atoms with Crippen LogP contribution in [0.15, 0.2) is 22.9 Å². The Labute approximate surface area is 103 Å². The van der Waals surface area contributed by atoms with Crippen LogP contribution in [0.5, 0.6) is 0 Å². The van der Waals surface area contributed by atoms with Gasteiger partial charge in [-0.3, -0.25) is 9.78 Å². The quantitative estimate of drug-likeness (QED) is 0.896. The van der Waals surface area contributed by atoms with Gasteiger partial charge in [0.25, 0.3) is 0 Å². The van der Waals surface area contributed by atoms with Crippen molar-refractivity contribution in [1.82, 2.24) is 10.3 Å². The molecule has 1 aliphatic heterocycles. The van der Waals surface area contributed by atoms with Crippen molar-refractivity contribution in [2.24, 2.45) is 0 Å². The minimum Gasteiger partial charge on any atom is -0.368 e. The van der Waals surface area contributed by atoms with Crippen LogP contribution in [-0.2, 0) is 4.79 Å². The van der Waals surface area contributed by atoms with Gasteiger partial charge in [-0.15, -0.1) is 0 Å². The van der Waals surface area contributed by atoms with Crippen molar-refractivity contribution in [2.45, 2.75) is 19.4 Å². The van der Waals surface area contributed by atoms with Crippen LogP contribution in [0.4, 0.5) is 5.69 Å². The molecule has 0 spiro atoms. The van der Waals surface area contributed by atoms with Crippen LogP contribution in [-0.4, -0.2) is 30.0 Å². The highest BCUT2D eigenvalue weighted by Gasteiger charge is 2.24. The van der Waals surface area contributed by atoms with E-state index in [0.29, 0.717) is 0 Å². The number of amides is 1. The molecule has 0 aromatic carbocycles. The van der Waals surface area contributed by atoms with Crippen molar-refractivity contribution < 1.29 is 4.79 Å². The second-order valence-corrected chi connectivity index (χ2v) is 4.81. The van der Waals surface area contributed by atoms with Gasteiger partial charge in [-0.05, 0) is 28.4 Å². The van der Waals surface area contributed by atoms with Crippen molar-refractivity contribution in [2.75, 3.05) is 18.0 Å². The van der Waals surface area contributed by atoms with Crippen LogP contribution in [0.1, 0.15) is 13.3 Å². The Morgan fingerprint density at radius 1 is 1.69 bits per heavy atom. The lowest BCUT2D eigenvalue weighted by molar-refractivity contribution is -0.119. The van der Waals surface area contributed by atoms with Crippen LogP contribution in [0.25, 0.3) is 0 Å². The van der Waals surface area contributed by atoms with Gasteiger partial charge in [0.2, 0.25) is 5.91 Å². The van der Waals surface area contributed by atoms with Gasteiger partial charge in [0.1, 0.15) is 0 Å². The van der Waals surface area contributed by atoms with E-state index in [1.54, 1.807) is 19.3 Å². The van der Waals surface area contributed by atoms with Crippen molar-refractivity contribution in [3.05, 3.63) is 22.9 Å². The molecule has 1 amide bonds. The average Bonchev–Trinajstić information content (AvgIpc) is 2.66. The highest BCUT2D eigenvalue weighted by Crippen LogP contribution is 2.27. The summed E-state index contributed by atoms with van der Waals surface area (Å²) in [4.78, 5) is 17.3. The molecule has 1 aliphatic rings. The molecule has 4 nitrogen and oxygen atoms in total. The maximum absolute atomic E-state index is 11.0. The van der Waals surface area contributed by atoms with E-state index >= 15 is 0 Å². The van der Waals surface area contributed by atoms with Crippen molar-refractivity contribution in [3.8, 4) is 0 Å². The van der Waals surface area contributed by atoms with E-state index in [4.69, 9.17) is 0 Å². The molecule has 1 saturated heterocycles. The summed E-state index contributed by atoms with van der Waals surface area (Å²) in [5.41, 5.74) is 1.14. The number of pyridine rings is 1. The van der Waals surface area contributed by atoms with Gasteiger partial charge < -0.3 is 10.2 Å². The van der Waals surface area contributed by atoms with Gasteiger partial charge in [0, 0.05) is 38.4 Å². The Hall–Kier alpha value is -1.10. The first-order valence-electron chi connectivity index (χ1n) is 5.28. The molecule has 5 heteroatoms. The highest BCUT2D eigenvalue weighted by atomic mass is 79.9. The molecule has 16 heavy (non-hydrogen) atoms. The topological polar surface area (TPSA) is 45.2 Å². The minimum atomic E-state index is 0.0423. The molecule has 86 valence electrons. The Kier molecular flexibility index (Phi) is 3.43. The molecule has 0 aliphatic carbocycles. The predicted octanol–water partition coefficient (Wildman–Crippen LogP) is 1.56. The lowest BCUT2D eigenvalue weighted by atomic mass is 10.2. The summed E-state index contributed by atoms with van der Waals surface area (Å²) < 4.78 is 0.999. The van der Waals surface area contributed by atoms with E-state index < -0.39 is 0 Å². The van der Waals surface area contributed by atoms with Crippen molar-refractivity contribution in [3.63, 3.8) is 0 Å². The van der Waals surface area contributed by atoms with Crippen molar-refractivity contribution in [1.29, 1.82) is 0 Å². The molecule has 1 atom stereocenters. The van der Waals surface area contributed by atoms with Gasteiger partial charge >= 0.3 is 0 Å². The summed E-state index contributed by atoms with van der Waals surface area (Å²) in [6, 6.07) is 2.25. The molecule has 0 saturated carbocycles. The summed E-state index contributed by atoms with van der Waals surface area (Å²) in [7, 11) is 0. The van der Waals surface area contributed by atoms with Gasteiger partial charge in [-0.25, -0.2) is 0 Å². The normalized spacial score (nSPS) is 19.9. The summed E-state index contributed by atoms with van der Waals surface area (Å²) in [5.74, 6) is 0.0423. The zero-order valence-electron chi connectivity index (χ0n) is 9.11. The number of halogens is 1. The minimum absolute atomic E-state index is 0.0423. The highest BCUT2D eigenvalue weighted by molar-refractivity contribution is 9.10. The molecule has 1 aromatic heterocycles. The van der Waals surface area contributed by atoms with Crippen LogP contribution < -0.4 is 10.2 Å². The molecule has 2 rings (SSSR count). The molecule has 0 bridgehead atoms. The van der Waals surface area contributed by atoms with Gasteiger partial charge in [-0.2, -0.15) is 0 Å². The summed E-state index contributed by atoms with van der Waals surface area (Å²) in [6.07, 6.45) is 4.57. The molecule has 1 unspecified atom stereocenters. The standard InChI is InChI=1S/C11H14BrN3O/c1-8(16)14-9-3-5-15(7-9)11-2-4-13-6-10(11)12/h2,4,6,9H,3,5,7H2,1H3,(H,14,16). The number of nitrogens with one attached hydrogen (secondary N) is 1. The third-order valence-electron chi connectivity index (χ3n) is 2.69. The Bertz CT molecular complexity index is 397. The third kappa shape index (κ3) is 2.52. The summed E-state index contributed by atoms with van der Waals surface area (Å²) in [5, 5.41) is 2.95.